The van der Waals surface area contributed by atoms with Crippen molar-refractivity contribution in [2.45, 2.75) is 25.8 Å². The molecule has 0 aliphatic carbocycles. The number of hydrogen-bond donors (Lipinski definition) is 3. The highest BCUT2D eigenvalue weighted by Crippen LogP contribution is 2.15. The van der Waals surface area contributed by atoms with E-state index in [9.17, 15) is 9.90 Å². The van der Waals surface area contributed by atoms with Crippen LogP contribution in [-0.4, -0.2) is 23.6 Å². The summed E-state index contributed by atoms with van der Waals surface area (Å²) in [6, 6.07) is 6.99. The molecule has 0 saturated heterocycles. The van der Waals surface area contributed by atoms with Crippen molar-refractivity contribution in [3.05, 3.63) is 29.8 Å². The number of rotatable bonds is 5. The van der Waals surface area contributed by atoms with Crippen molar-refractivity contribution in [3.8, 4) is 5.75 Å². The Bertz CT molecular complexity index is 356. The second-order valence-electron chi connectivity index (χ2n) is 3.91. The Labute approximate surface area is 108 Å². The number of carbonyl (C=O) groups is 1. The molecule has 0 aliphatic rings. The van der Waals surface area contributed by atoms with E-state index in [1.54, 1.807) is 19.1 Å². The van der Waals surface area contributed by atoms with Crippen LogP contribution in [0.15, 0.2) is 24.3 Å². The van der Waals surface area contributed by atoms with Crippen molar-refractivity contribution < 1.29 is 9.90 Å². The summed E-state index contributed by atoms with van der Waals surface area (Å²) in [4.78, 5) is 11.3. The van der Waals surface area contributed by atoms with Gasteiger partial charge in [0.25, 0.3) is 0 Å². The van der Waals surface area contributed by atoms with Crippen LogP contribution in [0, 0.1) is 0 Å². The molecule has 0 saturated carbocycles. The minimum Gasteiger partial charge on any atom is -0.508 e. The van der Waals surface area contributed by atoms with E-state index in [-0.39, 0.29) is 30.1 Å². The van der Waals surface area contributed by atoms with Crippen LogP contribution in [0.3, 0.4) is 0 Å². The number of halogens is 1. The Morgan fingerprint density at radius 1 is 1.47 bits per heavy atom. The molecule has 4 N–H and O–H groups in total. The molecular weight excluding hydrogens is 240 g/mol. The van der Waals surface area contributed by atoms with E-state index in [1.807, 2.05) is 12.1 Å². The molecule has 0 bridgehead atoms. The number of hydrogen-bond acceptors (Lipinski definition) is 3. The monoisotopic (exact) mass is 258 g/mol. The number of amides is 1. The van der Waals surface area contributed by atoms with Crippen LogP contribution in [0.5, 0.6) is 5.75 Å². The van der Waals surface area contributed by atoms with E-state index in [4.69, 9.17) is 5.73 Å². The lowest BCUT2D eigenvalue weighted by atomic mass is 10.1. The Morgan fingerprint density at radius 3 is 2.71 bits per heavy atom. The average Bonchev–Trinajstić information content (AvgIpc) is 2.19. The minimum atomic E-state index is -0.120. The maximum absolute atomic E-state index is 11.3. The number of phenols is 1. The van der Waals surface area contributed by atoms with Crippen LogP contribution in [0.1, 0.15) is 18.9 Å². The Morgan fingerprint density at radius 2 is 2.12 bits per heavy atom. The number of carbonyl (C=O) groups excluding carboxylic acids is 1. The third kappa shape index (κ3) is 6.14. The molecule has 5 heteroatoms. The van der Waals surface area contributed by atoms with Gasteiger partial charge in [-0.15, -0.1) is 12.4 Å². The van der Waals surface area contributed by atoms with Gasteiger partial charge in [0.1, 0.15) is 5.75 Å². The molecule has 0 aromatic heterocycles. The van der Waals surface area contributed by atoms with E-state index in [1.165, 1.54) is 0 Å². The van der Waals surface area contributed by atoms with Crippen molar-refractivity contribution >= 4 is 18.3 Å². The molecule has 0 spiro atoms. The topological polar surface area (TPSA) is 75.4 Å². The Kier molecular flexibility index (Phi) is 7.34. The Hall–Kier alpha value is -1.26. The highest BCUT2D eigenvalue weighted by Gasteiger charge is 2.04. The molecule has 96 valence electrons. The standard InChI is InChI=1S/C12H18N2O2.ClH/c1-9(13)8-12(16)14-7-6-10-4-2-3-5-11(10)15;/h2-5,9,15H,6-8,13H2,1H3,(H,14,16);1H. The van der Waals surface area contributed by atoms with Gasteiger partial charge in [0.05, 0.1) is 0 Å². The summed E-state index contributed by atoms with van der Waals surface area (Å²) in [5, 5.41) is 12.2. The van der Waals surface area contributed by atoms with Crippen LogP contribution in [0.2, 0.25) is 0 Å². The van der Waals surface area contributed by atoms with Gasteiger partial charge in [-0.3, -0.25) is 4.79 Å². The smallest absolute Gasteiger partial charge is 0.221 e. The second kappa shape index (κ2) is 7.92. The molecule has 0 fully saturated rings. The lowest BCUT2D eigenvalue weighted by Gasteiger charge is -2.08. The first-order valence-electron chi connectivity index (χ1n) is 5.38. The fourth-order valence-electron chi connectivity index (χ4n) is 1.42. The molecule has 17 heavy (non-hydrogen) atoms. The number of nitrogens with one attached hydrogen (secondary N) is 1. The molecule has 1 aromatic rings. The third-order valence-corrected chi connectivity index (χ3v) is 2.22. The van der Waals surface area contributed by atoms with Crippen molar-refractivity contribution in [2.24, 2.45) is 5.73 Å². The summed E-state index contributed by atoms with van der Waals surface area (Å²) in [6.07, 6.45) is 0.956. The summed E-state index contributed by atoms with van der Waals surface area (Å²) in [5.74, 6) is 0.217. The van der Waals surface area contributed by atoms with E-state index in [0.29, 0.717) is 19.4 Å². The molecule has 0 radical (unpaired) electrons. The normalized spacial score (nSPS) is 11.4. The molecule has 1 atom stereocenters. The number of phenolic OH excluding ortho intramolecular Hbond substituents is 1. The molecule has 1 amide bonds. The first-order valence-corrected chi connectivity index (χ1v) is 5.38. The fourth-order valence-corrected chi connectivity index (χ4v) is 1.42. The quantitative estimate of drug-likeness (QED) is 0.743. The molecule has 0 heterocycles. The summed E-state index contributed by atoms with van der Waals surface area (Å²) in [6.45, 7) is 2.31. The largest absolute Gasteiger partial charge is 0.508 e. The third-order valence-electron chi connectivity index (χ3n) is 2.22. The minimum absolute atomic E-state index is 0. The molecule has 0 aliphatic heterocycles. The van der Waals surface area contributed by atoms with Gasteiger partial charge in [-0.1, -0.05) is 18.2 Å². The highest BCUT2D eigenvalue weighted by molar-refractivity contribution is 5.85. The zero-order chi connectivity index (χ0) is 12.0. The van der Waals surface area contributed by atoms with Crippen LogP contribution in [-0.2, 0) is 11.2 Å². The maximum atomic E-state index is 11.3. The Balaban J connectivity index is 0.00000256. The van der Waals surface area contributed by atoms with Gasteiger partial charge in [-0.2, -0.15) is 0 Å². The van der Waals surface area contributed by atoms with Crippen molar-refractivity contribution in [1.82, 2.24) is 5.32 Å². The van der Waals surface area contributed by atoms with E-state index >= 15 is 0 Å². The van der Waals surface area contributed by atoms with Crippen LogP contribution < -0.4 is 11.1 Å². The lowest BCUT2D eigenvalue weighted by molar-refractivity contribution is -0.121. The summed E-state index contributed by atoms with van der Waals surface area (Å²) in [7, 11) is 0. The van der Waals surface area contributed by atoms with Gasteiger partial charge in [0, 0.05) is 19.0 Å². The van der Waals surface area contributed by atoms with Gasteiger partial charge in [-0.25, -0.2) is 0 Å². The number of benzene rings is 1. The molecule has 1 rings (SSSR count). The SMILES string of the molecule is CC(N)CC(=O)NCCc1ccccc1O.Cl. The van der Waals surface area contributed by atoms with Crippen LogP contribution in [0.4, 0.5) is 0 Å². The fraction of sp³-hybridized carbons (Fsp3) is 0.417. The molecular formula is C12H19ClN2O2. The summed E-state index contributed by atoms with van der Waals surface area (Å²) in [5.41, 5.74) is 6.34. The lowest BCUT2D eigenvalue weighted by Crippen LogP contribution is -2.31. The summed E-state index contributed by atoms with van der Waals surface area (Å²) >= 11 is 0. The van der Waals surface area contributed by atoms with Gasteiger partial charge < -0.3 is 16.2 Å². The first kappa shape index (κ1) is 15.7. The van der Waals surface area contributed by atoms with Gasteiger partial charge >= 0.3 is 0 Å². The van der Waals surface area contributed by atoms with Crippen molar-refractivity contribution in [3.63, 3.8) is 0 Å². The van der Waals surface area contributed by atoms with Crippen molar-refractivity contribution in [2.75, 3.05) is 6.54 Å². The van der Waals surface area contributed by atoms with Gasteiger partial charge in [0.15, 0.2) is 0 Å². The first-order chi connectivity index (χ1) is 7.59. The predicted molar refractivity (Wildman–Crippen MR) is 70.3 cm³/mol. The zero-order valence-corrected chi connectivity index (χ0v) is 10.7. The highest BCUT2D eigenvalue weighted by atomic mass is 35.5. The molecule has 4 nitrogen and oxygen atoms in total. The maximum Gasteiger partial charge on any atom is 0.221 e. The van der Waals surface area contributed by atoms with E-state index in [2.05, 4.69) is 5.32 Å². The predicted octanol–water partition coefficient (Wildman–Crippen LogP) is 1.21. The number of nitrogens with two attached hydrogens (primary N) is 1. The van der Waals surface area contributed by atoms with Crippen LogP contribution >= 0.6 is 12.4 Å². The van der Waals surface area contributed by atoms with E-state index in [0.717, 1.165) is 5.56 Å². The van der Waals surface area contributed by atoms with E-state index < -0.39 is 0 Å². The van der Waals surface area contributed by atoms with Gasteiger partial charge in [-0.05, 0) is 25.0 Å². The number of aromatic hydroxyl groups is 1. The zero-order valence-electron chi connectivity index (χ0n) is 9.85. The molecule has 1 unspecified atom stereocenters. The van der Waals surface area contributed by atoms with Gasteiger partial charge in [0.2, 0.25) is 5.91 Å². The number of para-hydroxylation sites is 1. The average molecular weight is 259 g/mol. The second-order valence-corrected chi connectivity index (χ2v) is 3.91. The van der Waals surface area contributed by atoms with Crippen molar-refractivity contribution in [1.29, 1.82) is 0 Å². The molecule has 1 aromatic carbocycles. The summed E-state index contributed by atoms with van der Waals surface area (Å²) < 4.78 is 0. The van der Waals surface area contributed by atoms with Crippen LogP contribution in [0.25, 0.3) is 0 Å².